The lowest BCUT2D eigenvalue weighted by atomic mass is 10.3. The number of aromatic nitrogens is 3. The molecule has 2 heterocycles. The van der Waals surface area contributed by atoms with Gasteiger partial charge in [-0.05, 0) is 38.8 Å². The van der Waals surface area contributed by atoms with E-state index < -0.39 is 10.8 Å². The monoisotopic (exact) mass is 417 g/mol. The van der Waals surface area contributed by atoms with Gasteiger partial charge in [-0.3, -0.25) is 14.9 Å². The summed E-state index contributed by atoms with van der Waals surface area (Å²) >= 11 is 6.33. The van der Waals surface area contributed by atoms with E-state index in [2.05, 4.69) is 47.1 Å². The van der Waals surface area contributed by atoms with Crippen molar-refractivity contribution in [3.05, 3.63) is 43.5 Å². The molecule has 1 amide bonds. The van der Waals surface area contributed by atoms with Gasteiger partial charge in [-0.2, -0.15) is 0 Å². The zero-order chi connectivity index (χ0) is 15.6. The van der Waals surface area contributed by atoms with E-state index in [1.807, 2.05) is 0 Å². The molecule has 0 bridgehead atoms. The summed E-state index contributed by atoms with van der Waals surface area (Å²) in [5.74, 6) is -0.267. The Morgan fingerprint density at radius 2 is 2.24 bits per heavy atom. The zero-order valence-corrected chi connectivity index (χ0v) is 13.9. The standard InChI is InChI=1S/C11H9Br2N5O3/c1-2-17-5-6(18(20)21)3-7(17)11(19)16-10-9(13)15-8(12)4-14-10/h3-5H,2H2,1H3,(H,14,16,19). The first kappa shape index (κ1) is 15.6. The summed E-state index contributed by atoms with van der Waals surface area (Å²) in [5.41, 5.74) is 0.0452. The summed E-state index contributed by atoms with van der Waals surface area (Å²) in [7, 11) is 0. The number of halogens is 2. The van der Waals surface area contributed by atoms with Crippen molar-refractivity contribution in [1.29, 1.82) is 0 Å². The minimum atomic E-state index is -0.543. The number of carbonyl (C=O) groups is 1. The summed E-state index contributed by atoms with van der Waals surface area (Å²) < 4.78 is 2.36. The Morgan fingerprint density at radius 1 is 1.52 bits per heavy atom. The molecule has 2 rings (SSSR count). The Kier molecular flexibility index (Phi) is 4.68. The van der Waals surface area contributed by atoms with Gasteiger partial charge < -0.3 is 9.88 Å². The molecule has 110 valence electrons. The normalized spacial score (nSPS) is 10.4. The fraction of sp³-hybridized carbons (Fsp3) is 0.182. The summed E-state index contributed by atoms with van der Waals surface area (Å²) in [6, 6.07) is 1.22. The van der Waals surface area contributed by atoms with Gasteiger partial charge in [-0.1, -0.05) is 0 Å². The van der Waals surface area contributed by atoms with Crippen molar-refractivity contribution in [2.75, 3.05) is 5.32 Å². The number of anilines is 1. The van der Waals surface area contributed by atoms with Crippen LogP contribution in [0.15, 0.2) is 27.7 Å². The van der Waals surface area contributed by atoms with Gasteiger partial charge in [-0.25, -0.2) is 9.97 Å². The maximum Gasteiger partial charge on any atom is 0.287 e. The van der Waals surface area contributed by atoms with E-state index in [1.165, 1.54) is 23.0 Å². The number of amides is 1. The second-order valence-electron chi connectivity index (χ2n) is 3.91. The van der Waals surface area contributed by atoms with Crippen LogP contribution in [0.4, 0.5) is 11.5 Å². The maximum absolute atomic E-state index is 12.2. The Balaban J connectivity index is 2.29. The van der Waals surface area contributed by atoms with Gasteiger partial charge in [0.2, 0.25) is 0 Å². The largest absolute Gasteiger partial charge is 0.337 e. The molecular weight excluding hydrogens is 410 g/mol. The number of carbonyl (C=O) groups excluding carboxylic acids is 1. The first-order chi connectivity index (χ1) is 9.92. The number of aryl methyl sites for hydroxylation is 1. The molecule has 0 saturated heterocycles. The van der Waals surface area contributed by atoms with E-state index in [1.54, 1.807) is 6.92 Å². The van der Waals surface area contributed by atoms with Crippen molar-refractivity contribution in [2.45, 2.75) is 13.5 Å². The van der Waals surface area contributed by atoms with Gasteiger partial charge in [0.05, 0.1) is 17.3 Å². The third kappa shape index (κ3) is 3.45. The van der Waals surface area contributed by atoms with E-state index >= 15 is 0 Å². The quantitative estimate of drug-likeness (QED) is 0.607. The predicted molar refractivity (Wildman–Crippen MR) is 82.1 cm³/mol. The molecule has 0 aromatic carbocycles. The van der Waals surface area contributed by atoms with Crippen LogP contribution in [0, 0.1) is 10.1 Å². The molecule has 21 heavy (non-hydrogen) atoms. The van der Waals surface area contributed by atoms with Crippen LogP contribution in [-0.2, 0) is 6.54 Å². The van der Waals surface area contributed by atoms with Crippen LogP contribution in [0.2, 0.25) is 0 Å². The van der Waals surface area contributed by atoms with Gasteiger partial charge in [0, 0.05) is 12.6 Å². The van der Waals surface area contributed by atoms with E-state index in [4.69, 9.17) is 0 Å². The average molecular weight is 419 g/mol. The molecule has 2 aromatic rings. The second kappa shape index (κ2) is 6.31. The predicted octanol–water partition coefficient (Wildman–Crippen LogP) is 2.98. The molecule has 10 heteroatoms. The molecular formula is C11H9Br2N5O3. The van der Waals surface area contributed by atoms with Crippen molar-refractivity contribution >= 4 is 49.3 Å². The lowest BCUT2D eigenvalue weighted by Crippen LogP contribution is -2.17. The third-order valence-electron chi connectivity index (χ3n) is 2.60. The van der Waals surface area contributed by atoms with Crippen molar-refractivity contribution < 1.29 is 9.72 Å². The number of nitrogens with one attached hydrogen (secondary N) is 1. The van der Waals surface area contributed by atoms with Crippen molar-refractivity contribution in [3.8, 4) is 0 Å². The van der Waals surface area contributed by atoms with Crippen LogP contribution in [-0.4, -0.2) is 25.4 Å². The van der Waals surface area contributed by atoms with Crippen LogP contribution in [0.25, 0.3) is 0 Å². The number of rotatable bonds is 4. The third-order valence-corrected chi connectivity index (χ3v) is 3.53. The molecule has 0 saturated carbocycles. The van der Waals surface area contributed by atoms with E-state index in [9.17, 15) is 14.9 Å². The number of nitro groups is 1. The molecule has 0 fully saturated rings. The van der Waals surface area contributed by atoms with Crippen LogP contribution in [0.1, 0.15) is 17.4 Å². The zero-order valence-electron chi connectivity index (χ0n) is 10.7. The van der Waals surface area contributed by atoms with Crippen LogP contribution < -0.4 is 5.32 Å². The molecule has 0 aliphatic rings. The van der Waals surface area contributed by atoms with Gasteiger partial charge >= 0.3 is 0 Å². The van der Waals surface area contributed by atoms with Gasteiger partial charge in [0.25, 0.3) is 11.6 Å². The Hall–Kier alpha value is -1.81. The molecule has 1 N–H and O–H groups in total. The lowest BCUT2D eigenvalue weighted by molar-refractivity contribution is -0.384. The second-order valence-corrected chi connectivity index (χ2v) is 5.48. The summed E-state index contributed by atoms with van der Waals surface area (Å²) in [4.78, 5) is 30.5. The molecule has 0 atom stereocenters. The van der Waals surface area contributed by atoms with Gasteiger partial charge in [0.1, 0.15) is 14.9 Å². The fourth-order valence-electron chi connectivity index (χ4n) is 1.65. The average Bonchev–Trinajstić information content (AvgIpc) is 2.86. The van der Waals surface area contributed by atoms with Gasteiger partial charge in [-0.15, -0.1) is 0 Å². The van der Waals surface area contributed by atoms with Crippen LogP contribution in [0.5, 0.6) is 0 Å². The van der Waals surface area contributed by atoms with E-state index in [-0.39, 0.29) is 17.2 Å². The highest BCUT2D eigenvalue weighted by Gasteiger charge is 2.20. The summed E-state index contributed by atoms with van der Waals surface area (Å²) in [6.45, 7) is 2.22. The molecule has 0 unspecified atom stereocenters. The highest BCUT2D eigenvalue weighted by atomic mass is 79.9. The fourth-order valence-corrected chi connectivity index (χ4v) is 2.56. The molecule has 0 spiro atoms. The Labute approximate surface area is 136 Å². The van der Waals surface area contributed by atoms with Crippen molar-refractivity contribution in [2.24, 2.45) is 0 Å². The number of hydrogen-bond donors (Lipinski definition) is 1. The first-order valence-corrected chi connectivity index (χ1v) is 7.35. The summed E-state index contributed by atoms with van der Waals surface area (Å²) in [6.07, 6.45) is 2.75. The Morgan fingerprint density at radius 3 is 2.81 bits per heavy atom. The van der Waals surface area contributed by atoms with Crippen LogP contribution >= 0.6 is 31.9 Å². The van der Waals surface area contributed by atoms with Crippen LogP contribution in [0.3, 0.4) is 0 Å². The van der Waals surface area contributed by atoms with Crippen molar-refractivity contribution in [1.82, 2.24) is 14.5 Å². The number of hydrogen-bond acceptors (Lipinski definition) is 5. The number of nitrogens with zero attached hydrogens (tertiary/aromatic N) is 4. The summed E-state index contributed by atoms with van der Waals surface area (Å²) in [5, 5.41) is 13.3. The first-order valence-electron chi connectivity index (χ1n) is 5.76. The van der Waals surface area contributed by atoms with Gasteiger partial charge in [0.15, 0.2) is 5.82 Å². The lowest BCUT2D eigenvalue weighted by Gasteiger charge is -2.07. The van der Waals surface area contributed by atoms with Crippen molar-refractivity contribution in [3.63, 3.8) is 0 Å². The van der Waals surface area contributed by atoms with E-state index in [0.717, 1.165) is 0 Å². The van der Waals surface area contributed by atoms with E-state index in [0.29, 0.717) is 15.8 Å². The Bertz CT molecular complexity index is 716. The minimum absolute atomic E-state index is 0.136. The minimum Gasteiger partial charge on any atom is -0.337 e. The molecule has 8 nitrogen and oxygen atoms in total. The maximum atomic E-state index is 12.2. The topological polar surface area (TPSA) is 103 Å². The molecule has 2 aromatic heterocycles. The highest BCUT2D eigenvalue weighted by molar-refractivity contribution is 9.11. The molecule has 0 aliphatic heterocycles. The smallest absolute Gasteiger partial charge is 0.287 e. The molecule has 0 radical (unpaired) electrons. The molecule has 0 aliphatic carbocycles. The SMILES string of the molecule is CCn1cc([N+](=O)[O-])cc1C(=O)Nc1ncc(Br)nc1Br. The highest BCUT2D eigenvalue weighted by Crippen LogP contribution is 2.22.